The van der Waals surface area contributed by atoms with Gasteiger partial charge in [-0.15, -0.1) is 11.3 Å². The Morgan fingerprint density at radius 1 is 1.37 bits per heavy atom. The predicted octanol–water partition coefficient (Wildman–Crippen LogP) is 4.46. The molecule has 0 spiro atoms. The maximum atomic E-state index is 11.8. The number of carbonyl (C=O) groups is 1. The van der Waals surface area contributed by atoms with Crippen molar-refractivity contribution >= 4 is 17.3 Å². The van der Waals surface area contributed by atoms with Crippen LogP contribution in [0.15, 0.2) is 29.6 Å². The summed E-state index contributed by atoms with van der Waals surface area (Å²) < 4.78 is 4.86. The molecule has 0 amide bonds. The Kier molecular flexibility index (Phi) is 4.38. The maximum Gasteiger partial charge on any atom is 0.348 e. The van der Waals surface area contributed by atoms with Crippen LogP contribution in [0.25, 0.3) is 11.1 Å². The molecule has 0 saturated carbocycles. The predicted molar refractivity (Wildman–Crippen MR) is 79.8 cm³/mol. The highest BCUT2D eigenvalue weighted by Gasteiger charge is 2.18. The third-order valence-electron chi connectivity index (χ3n) is 3.10. The molecule has 0 atom stereocenters. The smallest absolute Gasteiger partial charge is 0.348 e. The van der Waals surface area contributed by atoms with Gasteiger partial charge in [0.2, 0.25) is 0 Å². The highest BCUT2D eigenvalue weighted by Crippen LogP contribution is 2.33. The summed E-state index contributed by atoms with van der Waals surface area (Å²) in [6.07, 6.45) is 2.18. The van der Waals surface area contributed by atoms with Gasteiger partial charge in [-0.1, -0.05) is 37.6 Å². The largest absolute Gasteiger partial charge is 0.465 e. The van der Waals surface area contributed by atoms with Gasteiger partial charge in [0.25, 0.3) is 0 Å². The van der Waals surface area contributed by atoms with Crippen LogP contribution >= 0.6 is 11.3 Å². The van der Waals surface area contributed by atoms with Gasteiger partial charge in [-0.05, 0) is 35.4 Å². The van der Waals surface area contributed by atoms with E-state index in [-0.39, 0.29) is 5.97 Å². The minimum absolute atomic E-state index is 0.256. The zero-order valence-electron chi connectivity index (χ0n) is 11.5. The van der Waals surface area contributed by atoms with E-state index in [1.165, 1.54) is 24.0 Å². The van der Waals surface area contributed by atoms with Crippen LogP contribution in [0.2, 0.25) is 0 Å². The van der Waals surface area contributed by atoms with Crippen LogP contribution in [0, 0.1) is 6.92 Å². The van der Waals surface area contributed by atoms with Crippen molar-refractivity contribution in [2.24, 2.45) is 0 Å². The number of esters is 1. The zero-order valence-corrected chi connectivity index (χ0v) is 12.3. The average Bonchev–Trinajstić information content (AvgIpc) is 2.80. The lowest BCUT2D eigenvalue weighted by Crippen LogP contribution is -2.00. The quantitative estimate of drug-likeness (QED) is 0.769. The third kappa shape index (κ3) is 2.87. The Labute approximate surface area is 118 Å². The summed E-state index contributed by atoms with van der Waals surface area (Å²) in [6.45, 7) is 4.20. The number of aryl methyl sites for hydroxylation is 2. The zero-order chi connectivity index (χ0) is 13.8. The molecule has 1 aromatic carbocycles. The lowest BCUT2D eigenvalue weighted by Gasteiger charge is -2.07. The van der Waals surface area contributed by atoms with E-state index >= 15 is 0 Å². The van der Waals surface area contributed by atoms with Crippen molar-refractivity contribution in [1.29, 1.82) is 0 Å². The first-order valence-corrected chi connectivity index (χ1v) is 7.31. The molecule has 0 aliphatic carbocycles. The fraction of sp³-hybridized carbons (Fsp3) is 0.312. The molecule has 0 aliphatic rings. The summed E-state index contributed by atoms with van der Waals surface area (Å²) in [5.41, 5.74) is 4.54. The fourth-order valence-electron chi connectivity index (χ4n) is 2.22. The molecule has 0 N–H and O–H groups in total. The first kappa shape index (κ1) is 13.8. The molecule has 0 fully saturated rings. The molecule has 0 radical (unpaired) electrons. The molecular weight excluding hydrogens is 256 g/mol. The molecule has 1 heterocycles. The third-order valence-corrected chi connectivity index (χ3v) is 4.18. The van der Waals surface area contributed by atoms with Gasteiger partial charge in [0.05, 0.1) is 7.11 Å². The van der Waals surface area contributed by atoms with Gasteiger partial charge in [-0.2, -0.15) is 0 Å². The second-order valence-electron chi connectivity index (χ2n) is 4.56. The van der Waals surface area contributed by atoms with Gasteiger partial charge in [-0.3, -0.25) is 0 Å². The monoisotopic (exact) mass is 274 g/mol. The van der Waals surface area contributed by atoms with E-state index in [0.717, 1.165) is 29.5 Å². The van der Waals surface area contributed by atoms with Crippen LogP contribution in [0.5, 0.6) is 0 Å². The molecule has 2 rings (SSSR count). The van der Waals surface area contributed by atoms with E-state index in [1.54, 1.807) is 0 Å². The normalized spacial score (nSPS) is 10.5. The molecule has 0 bridgehead atoms. The lowest BCUT2D eigenvalue weighted by atomic mass is 9.99. The van der Waals surface area contributed by atoms with Gasteiger partial charge >= 0.3 is 5.97 Å². The Balaban J connectivity index is 2.49. The molecule has 19 heavy (non-hydrogen) atoms. The highest BCUT2D eigenvalue weighted by atomic mass is 32.1. The Bertz CT molecular complexity index is 584. The van der Waals surface area contributed by atoms with Crippen molar-refractivity contribution in [3.05, 3.63) is 45.6 Å². The second kappa shape index (κ2) is 6.02. The first-order valence-electron chi connectivity index (χ1n) is 6.43. The van der Waals surface area contributed by atoms with E-state index in [2.05, 4.69) is 31.2 Å². The summed E-state index contributed by atoms with van der Waals surface area (Å²) in [5.74, 6) is -0.256. The van der Waals surface area contributed by atoms with Crippen molar-refractivity contribution in [3.63, 3.8) is 0 Å². The SMILES string of the molecule is CCCc1cccc(-c2c(C)csc2C(=O)OC)c1. The first-order chi connectivity index (χ1) is 9.17. The Morgan fingerprint density at radius 2 is 2.16 bits per heavy atom. The standard InChI is InChI=1S/C16H18O2S/c1-4-6-12-7-5-8-13(9-12)14-11(2)10-19-15(14)16(17)18-3/h5,7-10H,4,6H2,1-3H3. The van der Waals surface area contributed by atoms with Crippen molar-refractivity contribution < 1.29 is 9.53 Å². The summed E-state index contributed by atoms with van der Waals surface area (Å²) in [7, 11) is 1.43. The molecule has 0 saturated heterocycles. The van der Waals surface area contributed by atoms with Crippen molar-refractivity contribution in [1.82, 2.24) is 0 Å². The number of thiophene rings is 1. The molecule has 2 aromatic rings. The van der Waals surface area contributed by atoms with Crippen molar-refractivity contribution in [2.45, 2.75) is 26.7 Å². The number of rotatable bonds is 4. The molecule has 2 nitrogen and oxygen atoms in total. The molecule has 100 valence electrons. The van der Waals surface area contributed by atoms with Crippen LogP contribution in [-0.2, 0) is 11.2 Å². The van der Waals surface area contributed by atoms with Crippen LogP contribution in [-0.4, -0.2) is 13.1 Å². The minimum atomic E-state index is -0.256. The van der Waals surface area contributed by atoms with E-state index in [0.29, 0.717) is 4.88 Å². The summed E-state index contributed by atoms with van der Waals surface area (Å²) in [4.78, 5) is 12.5. The molecular formula is C16H18O2S. The molecule has 1 aromatic heterocycles. The van der Waals surface area contributed by atoms with E-state index in [4.69, 9.17) is 4.74 Å². The van der Waals surface area contributed by atoms with E-state index in [9.17, 15) is 4.79 Å². The van der Waals surface area contributed by atoms with Crippen LogP contribution in [0.4, 0.5) is 0 Å². The lowest BCUT2D eigenvalue weighted by molar-refractivity contribution is 0.0607. The molecule has 0 aliphatic heterocycles. The molecule has 0 unspecified atom stereocenters. The average molecular weight is 274 g/mol. The second-order valence-corrected chi connectivity index (χ2v) is 5.44. The van der Waals surface area contributed by atoms with Gasteiger partial charge < -0.3 is 4.74 Å². The topological polar surface area (TPSA) is 26.3 Å². The van der Waals surface area contributed by atoms with E-state index < -0.39 is 0 Å². The minimum Gasteiger partial charge on any atom is -0.465 e. The number of ether oxygens (including phenoxy) is 1. The van der Waals surface area contributed by atoms with Gasteiger partial charge in [-0.25, -0.2) is 4.79 Å². The number of hydrogen-bond acceptors (Lipinski definition) is 3. The summed E-state index contributed by atoms with van der Waals surface area (Å²) in [5, 5.41) is 2.01. The van der Waals surface area contributed by atoms with Crippen LogP contribution in [0.1, 0.15) is 34.1 Å². The number of benzene rings is 1. The highest BCUT2D eigenvalue weighted by molar-refractivity contribution is 7.12. The van der Waals surface area contributed by atoms with Crippen molar-refractivity contribution in [3.8, 4) is 11.1 Å². The van der Waals surface area contributed by atoms with Gasteiger partial charge in [0, 0.05) is 5.56 Å². The number of methoxy groups -OCH3 is 1. The van der Waals surface area contributed by atoms with E-state index in [1.807, 2.05) is 12.3 Å². The van der Waals surface area contributed by atoms with Crippen molar-refractivity contribution in [2.75, 3.05) is 7.11 Å². The van der Waals surface area contributed by atoms with Gasteiger partial charge in [0.15, 0.2) is 0 Å². The van der Waals surface area contributed by atoms with Crippen LogP contribution in [0.3, 0.4) is 0 Å². The number of carbonyl (C=O) groups excluding carboxylic acids is 1. The summed E-state index contributed by atoms with van der Waals surface area (Å²) in [6, 6.07) is 8.41. The van der Waals surface area contributed by atoms with Gasteiger partial charge in [0.1, 0.15) is 4.88 Å². The maximum absolute atomic E-state index is 11.8. The van der Waals surface area contributed by atoms with Crippen LogP contribution < -0.4 is 0 Å². The fourth-order valence-corrected chi connectivity index (χ4v) is 3.21. The Morgan fingerprint density at radius 3 is 2.84 bits per heavy atom. The number of hydrogen-bond donors (Lipinski definition) is 0. The molecule has 3 heteroatoms. The summed E-state index contributed by atoms with van der Waals surface area (Å²) >= 11 is 1.45. The Hall–Kier alpha value is -1.61.